The summed E-state index contributed by atoms with van der Waals surface area (Å²) in [6.45, 7) is 2.95. The van der Waals surface area contributed by atoms with Crippen molar-refractivity contribution in [2.75, 3.05) is 26.3 Å². The molecule has 144 valence electrons. The molecule has 0 aliphatic carbocycles. The highest BCUT2D eigenvalue weighted by atomic mass is 79.9. The normalized spacial score (nSPS) is 15.5. The molecule has 0 aromatic heterocycles. The highest BCUT2D eigenvalue weighted by Gasteiger charge is 2.28. The molecule has 2 aromatic rings. The molecule has 1 heterocycles. The van der Waals surface area contributed by atoms with E-state index in [-0.39, 0.29) is 34.3 Å². The van der Waals surface area contributed by atoms with Crippen molar-refractivity contribution in [3.05, 3.63) is 57.0 Å². The summed E-state index contributed by atoms with van der Waals surface area (Å²) in [7, 11) is -3.72. The largest absolute Gasteiger partial charge is 0.421 e. The number of hydrogen-bond acceptors (Lipinski definition) is 5. The Kier molecular flexibility index (Phi) is 6.22. The van der Waals surface area contributed by atoms with Gasteiger partial charge in [0, 0.05) is 17.6 Å². The molecule has 1 aliphatic heterocycles. The van der Waals surface area contributed by atoms with Gasteiger partial charge < -0.3 is 9.47 Å². The number of carbonyl (C=O) groups is 1. The minimum atomic E-state index is -3.72. The predicted molar refractivity (Wildman–Crippen MR) is 105 cm³/mol. The lowest BCUT2D eigenvalue weighted by atomic mass is 10.1. The summed E-state index contributed by atoms with van der Waals surface area (Å²) >= 11 is 9.35. The van der Waals surface area contributed by atoms with E-state index in [1.165, 1.54) is 16.4 Å². The van der Waals surface area contributed by atoms with Gasteiger partial charge in [0.05, 0.1) is 28.7 Å². The van der Waals surface area contributed by atoms with Crippen LogP contribution in [0.4, 0.5) is 0 Å². The zero-order valence-electron chi connectivity index (χ0n) is 14.4. The molecule has 0 unspecified atom stereocenters. The number of sulfonamides is 1. The molecular weight excluding hydrogens is 458 g/mol. The summed E-state index contributed by atoms with van der Waals surface area (Å²) in [5.41, 5.74) is 0.686. The van der Waals surface area contributed by atoms with Crippen molar-refractivity contribution in [1.29, 1.82) is 0 Å². The van der Waals surface area contributed by atoms with Crippen LogP contribution in [0.25, 0.3) is 0 Å². The Morgan fingerprint density at radius 2 is 1.89 bits per heavy atom. The minimum absolute atomic E-state index is 0.0840. The van der Waals surface area contributed by atoms with Crippen LogP contribution in [-0.2, 0) is 14.8 Å². The van der Waals surface area contributed by atoms with Crippen LogP contribution in [0.1, 0.15) is 15.9 Å². The van der Waals surface area contributed by atoms with Crippen LogP contribution in [0.3, 0.4) is 0 Å². The van der Waals surface area contributed by atoms with Crippen LogP contribution in [0.2, 0.25) is 5.02 Å². The van der Waals surface area contributed by atoms with Gasteiger partial charge in [0.1, 0.15) is 5.75 Å². The molecule has 1 saturated heterocycles. The van der Waals surface area contributed by atoms with Crippen molar-refractivity contribution >= 4 is 43.5 Å². The quantitative estimate of drug-likeness (QED) is 0.500. The molecule has 27 heavy (non-hydrogen) atoms. The van der Waals surface area contributed by atoms with Gasteiger partial charge >= 0.3 is 5.97 Å². The van der Waals surface area contributed by atoms with Crippen LogP contribution in [0, 0.1) is 6.92 Å². The monoisotopic (exact) mass is 473 g/mol. The third kappa shape index (κ3) is 4.52. The molecule has 1 fully saturated rings. The smallest absolute Gasteiger partial charge is 0.343 e. The molecule has 6 nitrogen and oxygen atoms in total. The van der Waals surface area contributed by atoms with Crippen molar-refractivity contribution in [2.24, 2.45) is 0 Å². The van der Waals surface area contributed by atoms with E-state index in [1.807, 2.05) is 0 Å². The lowest BCUT2D eigenvalue weighted by Crippen LogP contribution is -2.40. The van der Waals surface area contributed by atoms with Gasteiger partial charge in [-0.15, -0.1) is 0 Å². The molecule has 9 heteroatoms. The Hall–Kier alpha value is -1.45. The summed E-state index contributed by atoms with van der Waals surface area (Å²) in [4.78, 5) is 12.6. The average Bonchev–Trinajstić information content (AvgIpc) is 2.65. The fraction of sp³-hybridized carbons (Fsp3) is 0.278. The van der Waals surface area contributed by atoms with E-state index in [0.717, 1.165) is 4.47 Å². The first kappa shape index (κ1) is 20.3. The van der Waals surface area contributed by atoms with Gasteiger partial charge in [-0.1, -0.05) is 33.6 Å². The lowest BCUT2D eigenvalue weighted by Gasteiger charge is -2.26. The van der Waals surface area contributed by atoms with E-state index >= 15 is 0 Å². The topological polar surface area (TPSA) is 72.9 Å². The highest BCUT2D eigenvalue weighted by Crippen LogP contribution is 2.29. The van der Waals surface area contributed by atoms with Crippen LogP contribution in [0.5, 0.6) is 5.75 Å². The number of rotatable bonds is 4. The van der Waals surface area contributed by atoms with Gasteiger partial charge in [0.2, 0.25) is 10.0 Å². The SMILES string of the molecule is Cc1ccc(C(=O)Oc2ccc(Br)cc2Cl)cc1S(=O)(=O)N1CCOCC1. The number of morpholine rings is 1. The van der Waals surface area contributed by atoms with Gasteiger partial charge in [-0.05, 0) is 42.8 Å². The van der Waals surface area contributed by atoms with Crippen LogP contribution in [-0.4, -0.2) is 45.0 Å². The maximum atomic E-state index is 12.9. The van der Waals surface area contributed by atoms with Crippen molar-refractivity contribution < 1.29 is 22.7 Å². The number of hydrogen-bond donors (Lipinski definition) is 0. The van der Waals surface area contributed by atoms with Gasteiger partial charge in [-0.3, -0.25) is 0 Å². The van der Waals surface area contributed by atoms with Crippen molar-refractivity contribution in [1.82, 2.24) is 4.31 Å². The molecule has 3 rings (SSSR count). The number of halogens is 2. The zero-order chi connectivity index (χ0) is 19.6. The van der Waals surface area contributed by atoms with Crippen LogP contribution in [0.15, 0.2) is 45.8 Å². The molecule has 0 radical (unpaired) electrons. The molecule has 1 aliphatic rings. The van der Waals surface area contributed by atoms with Crippen molar-refractivity contribution in [3.8, 4) is 5.75 Å². The maximum absolute atomic E-state index is 12.9. The Morgan fingerprint density at radius 1 is 1.19 bits per heavy atom. The second kappa shape index (κ2) is 8.28. The van der Waals surface area contributed by atoms with E-state index in [0.29, 0.717) is 18.8 Å². The number of ether oxygens (including phenoxy) is 2. The van der Waals surface area contributed by atoms with Crippen LogP contribution < -0.4 is 4.74 Å². The van der Waals surface area contributed by atoms with Gasteiger partial charge in [0.15, 0.2) is 0 Å². The van der Waals surface area contributed by atoms with E-state index in [9.17, 15) is 13.2 Å². The number of benzene rings is 2. The molecule has 0 bridgehead atoms. The van der Waals surface area contributed by atoms with Crippen molar-refractivity contribution in [2.45, 2.75) is 11.8 Å². The lowest BCUT2D eigenvalue weighted by molar-refractivity contribution is 0.0727. The Bertz CT molecular complexity index is 974. The molecule has 0 saturated carbocycles. The third-order valence-electron chi connectivity index (χ3n) is 4.11. The Balaban J connectivity index is 1.89. The third-order valence-corrected chi connectivity index (χ3v) is 6.94. The summed E-state index contributed by atoms with van der Waals surface area (Å²) in [5.74, 6) is -0.485. The second-order valence-electron chi connectivity index (χ2n) is 5.96. The first-order valence-electron chi connectivity index (χ1n) is 8.15. The van der Waals surface area contributed by atoms with E-state index in [1.54, 1.807) is 31.2 Å². The molecule has 0 spiro atoms. The molecule has 0 atom stereocenters. The number of nitrogens with zero attached hydrogens (tertiary/aromatic N) is 1. The summed E-state index contributed by atoms with van der Waals surface area (Å²) in [6.07, 6.45) is 0. The Morgan fingerprint density at radius 3 is 2.56 bits per heavy atom. The van der Waals surface area contributed by atoms with Gasteiger partial charge in [0.25, 0.3) is 0 Å². The first-order chi connectivity index (χ1) is 12.8. The highest BCUT2D eigenvalue weighted by molar-refractivity contribution is 9.10. The fourth-order valence-corrected chi connectivity index (χ4v) is 5.02. The second-order valence-corrected chi connectivity index (χ2v) is 9.19. The fourth-order valence-electron chi connectivity index (χ4n) is 2.65. The predicted octanol–water partition coefficient (Wildman–Crippen LogP) is 3.65. The molecule has 0 amide bonds. The summed E-state index contributed by atoms with van der Waals surface area (Å²) in [6, 6.07) is 9.32. The number of esters is 1. The van der Waals surface area contributed by atoms with Gasteiger partial charge in [-0.25, -0.2) is 13.2 Å². The van der Waals surface area contributed by atoms with Crippen LogP contribution >= 0.6 is 27.5 Å². The van der Waals surface area contributed by atoms with E-state index in [2.05, 4.69) is 15.9 Å². The molecular formula is C18H17BrClNO5S. The number of carbonyl (C=O) groups excluding carboxylic acids is 1. The Labute approximate surface area is 171 Å². The standard InChI is InChI=1S/C18H17BrClNO5S/c1-12-2-3-13(18(22)26-16-5-4-14(19)11-15(16)20)10-17(12)27(23,24)21-6-8-25-9-7-21/h2-5,10-11H,6-9H2,1H3. The van der Waals surface area contributed by atoms with Crippen molar-refractivity contribution in [3.63, 3.8) is 0 Å². The maximum Gasteiger partial charge on any atom is 0.343 e. The summed E-state index contributed by atoms with van der Waals surface area (Å²) < 4.78 is 38.5. The molecule has 2 aromatic carbocycles. The first-order valence-corrected chi connectivity index (χ1v) is 10.8. The zero-order valence-corrected chi connectivity index (χ0v) is 17.6. The van der Waals surface area contributed by atoms with E-state index < -0.39 is 16.0 Å². The summed E-state index contributed by atoms with van der Waals surface area (Å²) in [5, 5.41) is 0.269. The average molecular weight is 475 g/mol. The molecule has 0 N–H and O–H groups in total. The minimum Gasteiger partial charge on any atom is -0.421 e. The number of aryl methyl sites for hydroxylation is 1. The van der Waals surface area contributed by atoms with E-state index in [4.69, 9.17) is 21.1 Å². The van der Waals surface area contributed by atoms with Gasteiger partial charge in [-0.2, -0.15) is 4.31 Å².